The SMILES string of the molecule is CCCCCCCC/C=C\CCCCCCCCCC(=O)OC(COC(=O)CCCCCCC)COC(=O)CCCCCCCCCCCCCCCCCCCCCCCCCCCCCCCCCCCC. The van der Waals surface area contributed by atoms with Gasteiger partial charge < -0.3 is 14.2 Å². The summed E-state index contributed by atoms with van der Waals surface area (Å²) in [5.74, 6) is -0.862. The zero-order valence-corrected chi connectivity index (χ0v) is 50.4. The molecule has 1 atom stereocenters. The molecule has 0 aliphatic heterocycles. The molecule has 0 aliphatic carbocycles. The number of hydrogen-bond donors (Lipinski definition) is 0. The molecule has 0 aliphatic rings. The van der Waals surface area contributed by atoms with Crippen LogP contribution in [0.1, 0.15) is 387 Å². The highest BCUT2D eigenvalue weighted by Crippen LogP contribution is 2.19. The molecule has 0 heterocycles. The van der Waals surface area contributed by atoms with Gasteiger partial charge in [0.25, 0.3) is 0 Å². The molecular weight excluding hydrogens is 913 g/mol. The molecule has 0 saturated heterocycles. The normalized spacial score (nSPS) is 12.0. The van der Waals surface area contributed by atoms with Gasteiger partial charge in [-0.25, -0.2) is 0 Å². The fourth-order valence-corrected chi connectivity index (χ4v) is 10.4. The Morgan fingerprint density at radius 2 is 0.446 bits per heavy atom. The third-order valence-electron chi connectivity index (χ3n) is 15.5. The van der Waals surface area contributed by atoms with Gasteiger partial charge in [0.2, 0.25) is 0 Å². The topological polar surface area (TPSA) is 78.9 Å². The van der Waals surface area contributed by atoms with Crippen molar-refractivity contribution in [3.8, 4) is 0 Å². The summed E-state index contributed by atoms with van der Waals surface area (Å²) in [6, 6.07) is 0. The van der Waals surface area contributed by atoms with Crippen LogP contribution in [-0.2, 0) is 28.6 Å². The summed E-state index contributed by atoms with van der Waals surface area (Å²) < 4.78 is 16.8. The van der Waals surface area contributed by atoms with E-state index in [0.717, 1.165) is 64.2 Å². The van der Waals surface area contributed by atoms with Gasteiger partial charge in [0.05, 0.1) is 0 Å². The standard InChI is InChI=1S/C68H130O6/c1-4-7-10-13-15-17-19-21-23-25-26-27-28-29-30-31-32-33-34-35-36-37-38-39-40-41-43-44-46-48-50-52-55-58-61-67(70)73-64-65(63-72-66(69)60-57-54-12-9-6-3)74-68(71)62-59-56-53-51-49-47-45-42-24-22-20-18-16-14-11-8-5-2/h22,24,65H,4-21,23,25-64H2,1-3H3/b24-22-. The monoisotopic (exact) mass is 1040 g/mol. The molecule has 6 nitrogen and oxygen atoms in total. The zero-order chi connectivity index (χ0) is 53.6. The van der Waals surface area contributed by atoms with Gasteiger partial charge >= 0.3 is 17.9 Å². The second-order valence-electron chi connectivity index (χ2n) is 23.1. The molecule has 1 unspecified atom stereocenters. The smallest absolute Gasteiger partial charge is 0.306 e. The van der Waals surface area contributed by atoms with Gasteiger partial charge in [-0.2, -0.15) is 0 Å². The minimum absolute atomic E-state index is 0.0672. The first-order chi connectivity index (χ1) is 36.5. The van der Waals surface area contributed by atoms with E-state index in [2.05, 4.69) is 32.9 Å². The minimum Gasteiger partial charge on any atom is -0.462 e. The van der Waals surface area contributed by atoms with Crippen molar-refractivity contribution in [2.24, 2.45) is 0 Å². The van der Waals surface area contributed by atoms with Crippen LogP contribution in [0.2, 0.25) is 0 Å². The Bertz CT molecular complexity index is 1150. The molecule has 6 heteroatoms. The van der Waals surface area contributed by atoms with Crippen molar-refractivity contribution in [3.63, 3.8) is 0 Å². The van der Waals surface area contributed by atoms with Gasteiger partial charge in [0.15, 0.2) is 6.10 Å². The summed E-state index contributed by atoms with van der Waals surface area (Å²) in [6.45, 7) is 6.61. The number of carbonyl (C=O) groups excluding carboxylic acids is 3. The summed E-state index contributed by atoms with van der Waals surface area (Å²) >= 11 is 0. The summed E-state index contributed by atoms with van der Waals surface area (Å²) in [7, 11) is 0. The van der Waals surface area contributed by atoms with Crippen molar-refractivity contribution in [1.82, 2.24) is 0 Å². The largest absolute Gasteiger partial charge is 0.462 e. The number of allylic oxidation sites excluding steroid dienone is 2. The molecule has 74 heavy (non-hydrogen) atoms. The van der Waals surface area contributed by atoms with E-state index in [-0.39, 0.29) is 31.1 Å². The molecule has 0 amide bonds. The van der Waals surface area contributed by atoms with Crippen LogP contribution in [0.25, 0.3) is 0 Å². The third kappa shape index (κ3) is 61.0. The maximum atomic E-state index is 12.8. The van der Waals surface area contributed by atoms with E-state index in [1.54, 1.807) is 0 Å². The fraction of sp³-hybridized carbons (Fsp3) is 0.926. The Morgan fingerprint density at radius 1 is 0.257 bits per heavy atom. The molecule has 0 spiro atoms. The second-order valence-corrected chi connectivity index (χ2v) is 23.1. The quantitative estimate of drug-likeness (QED) is 0.0261. The van der Waals surface area contributed by atoms with Gasteiger partial charge in [-0.1, -0.05) is 335 Å². The highest BCUT2D eigenvalue weighted by Gasteiger charge is 2.19. The first-order valence-electron chi connectivity index (χ1n) is 33.7. The molecule has 0 saturated carbocycles. The van der Waals surface area contributed by atoms with Crippen LogP contribution in [0.15, 0.2) is 12.2 Å². The molecule has 0 radical (unpaired) electrons. The lowest BCUT2D eigenvalue weighted by molar-refractivity contribution is -0.167. The second kappa shape index (κ2) is 63.7. The fourth-order valence-electron chi connectivity index (χ4n) is 10.4. The Morgan fingerprint density at radius 3 is 0.676 bits per heavy atom. The van der Waals surface area contributed by atoms with Gasteiger partial charge in [0.1, 0.15) is 13.2 Å². The van der Waals surface area contributed by atoms with Gasteiger partial charge in [-0.15, -0.1) is 0 Å². The van der Waals surface area contributed by atoms with Gasteiger partial charge in [-0.3, -0.25) is 14.4 Å². The number of rotatable bonds is 63. The number of ether oxygens (including phenoxy) is 3. The van der Waals surface area contributed by atoms with Gasteiger partial charge in [-0.05, 0) is 44.9 Å². The van der Waals surface area contributed by atoms with E-state index < -0.39 is 6.10 Å². The molecule has 0 aromatic rings. The summed E-state index contributed by atoms with van der Waals surface area (Å²) in [5, 5.41) is 0. The summed E-state index contributed by atoms with van der Waals surface area (Å²) in [4.78, 5) is 37.9. The first-order valence-corrected chi connectivity index (χ1v) is 33.7. The van der Waals surface area contributed by atoms with Crippen LogP contribution in [0.3, 0.4) is 0 Å². The maximum absolute atomic E-state index is 12.8. The van der Waals surface area contributed by atoms with Crippen molar-refractivity contribution in [2.75, 3.05) is 13.2 Å². The van der Waals surface area contributed by atoms with Crippen molar-refractivity contribution < 1.29 is 28.6 Å². The van der Waals surface area contributed by atoms with Crippen LogP contribution in [0, 0.1) is 0 Å². The summed E-state index contributed by atoms with van der Waals surface area (Å²) in [5.41, 5.74) is 0. The Balaban J connectivity index is 3.84. The lowest BCUT2D eigenvalue weighted by Gasteiger charge is -2.18. The Kier molecular flexibility index (Phi) is 62.1. The maximum Gasteiger partial charge on any atom is 0.306 e. The average Bonchev–Trinajstić information content (AvgIpc) is 3.40. The van der Waals surface area contributed by atoms with E-state index in [4.69, 9.17) is 14.2 Å². The molecule has 438 valence electrons. The number of carbonyl (C=O) groups is 3. The van der Waals surface area contributed by atoms with E-state index in [0.29, 0.717) is 19.3 Å². The van der Waals surface area contributed by atoms with Crippen LogP contribution >= 0.6 is 0 Å². The highest BCUT2D eigenvalue weighted by molar-refractivity contribution is 5.71. The number of esters is 3. The predicted octanol–water partition coefficient (Wildman–Crippen LogP) is 22.8. The number of hydrogen-bond acceptors (Lipinski definition) is 6. The van der Waals surface area contributed by atoms with Crippen molar-refractivity contribution in [1.29, 1.82) is 0 Å². The van der Waals surface area contributed by atoms with Crippen LogP contribution in [0.4, 0.5) is 0 Å². The van der Waals surface area contributed by atoms with Gasteiger partial charge in [0, 0.05) is 19.3 Å². The van der Waals surface area contributed by atoms with Crippen molar-refractivity contribution >= 4 is 17.9 Å². The molecular formula is C68H130O6. The van der Waals surface area contributed by atoms with E-state index in [1.807, 2.05) is 0 Å². The first kappa shape index (κ1) is 72.2. The zero-order valence-electron chi connectivity index (χ0n) is 50.4. The third-order valence-corrected chi connectivity index (χ3v) is 15.5. The predicted molar refractivity (Wildman–Crippen MR) is 321 cm³/mol. The van der Waals surface area contributed by atoms with Crippen LogP contribution < -0.4 is 0 Å². The average molecular weight is 1040 g/mol. The lowest BCUT2D eigenvalue weighted by atomic mass is 10.0. The molecule has 0 N–H and O–H groups in total. The molecule has 0 aromatic heterocycles. The number of unbranched alkanes of at least 4 members (excludes halogenated alkanes) is 50. The minimum atomic E-state index is -0.765. The van der Waals surface area contributed by atoms with Crippen LogP contribution in [0.5, 0.6) is 0 Å². The highest BCUT2D eigenvalue weighted by atomic mass is 16.6. The molecule has 0 aromatic carbocycles. The lowest BCUT2D eigenvalue weighted by Crippen LogP contribution is -2.30. The molecule has 0 bridgehead atoms. The summed E-state index contributed by atoms with van der Waals surface area (Å²) in [6.07, 6.45) is 75.9. The van der Waals surface area contributed by atoms with Crippen LogP contribution in [-0.4, -0.2) is 37.2 Å². The van der Waals surface area contributed by atoms with E-state index in [1.165, 1.54) is 283 Å². The molecule has 0 fully saturated rings. The van der Waals surface area contributed by atoms with Crippen molar-refractivity contribution in [3.05, 3.63) is 12.2 Å². The molecule has 0 rings (SSSR count). The van der Waals surface area contributed by atoms with E-state index in [9.17, 15) is 14.4 Å². The van der Waals surface area contributed by atoms with E-state index >= 15 is 0 Å². The Labute approximate surface area is 462 Å². The Hall–Kier alpha value is -1.85. The van der Waals surface area contributed by atoms with Crippen molar-refractivity contribution in [2.45, 2.75) is 393 Å².